The number of piperazine rings is 1. The van der Waals surface area contributed by atoms with Gasteiger partial charge in [-0.2, -0.15) is 18.4 Å². The number of carbonyl (C=O) groups is 2. The number of urea groups is 1. The van der Waals surface area contributed by atoms with Crippen molar-refractivity contribution in [3.63, 3.8) is 0 Å². The Kier molecular flexibility index (Phi) is 8.53. The molecular weight excluding hydrogens is 523 g/mol. The van der Waals surface area contributed by atoms with Gasteiger partial charge in [0, 0.05) is 42.3 Å². The standard InChI is InChI=1S/C25H26F3N5O4S/c26-25(27,28)38-22-9-3-17(4-10-22)30-23(34)32-13-19-5-6-20(14-32)33(19)12-18(31-24(35)36)15-37-21-7-1-16(11-29)2-8-21/h1-4,7-10,18-20,31H,5-6,12-15H2,(H,30,34)(H,35,36)/t18-,19?,20?/m0/s1. The van der Waals surface area contributed by atoms with Gasteiger partial charge in [0.15, 0.2) is 0 Å². The fourth-order valence-electron chi connectivity index (χ4n) is 4.79. The number of fused-ring (bicyclic) bond motifs is 2. The van der Waals surface area contributed by atoms with E-state index in [-0.39, 0.29) is 41.4 Å². The summed E-state index contributed by atoms with van der Waals surface area (Å²) in [5, 5.41) is 23.5. The molecule has 3 N–H and O–H groups in total. The number of ether oxygens (including phenoxy) is 1. The zero-order chi connectivity index (χ0) is 27.3. The maximum atomic E-state index is 12.9. The van der Waals surface area contributed by atoms with Gasteiger partial charge in [-0.1, -0.05) is 0 Å². The number of hydrogen-bond donors (Lipinski definition) is 3. The van der Waals surface area contributed by atoms with E-state index in [1.54, 1.807) is 29.2 Å². The molecule has 2 saturated heterocycles. The van der Waals surface area contributed by atoms with Crippen LogP contribution in [0.25, 0.3) is 0 Å². The first kappa shape index (κ1) is 27.4. The molecule has 0 radical (unpaired) electrons. The molecule has 9 nitrogen and oxygen atoms in total. The first-order valence-electron chi connectivity index (χ1n) is 11.9. The number of likely N-dealkylation sites (tertiary alicyclic amines) is 1. The highest BCUT2D eigenvalue weighted by Crippen LogP contribution is 2.37. The van der Waals surface area contributed by atoms with E-state index in [0.29, 0.717) is 36.6 Å². The Morgan fingerprint density at radius 2 is 1.74 bits per heavy atom. The van der Waals surface area contributed by atoms with Crippen molar-refractivity contribution in [3.8, 4) is 11.8 Å². The first-order valence-corrected chi connectivity index (χ1v) is 12.7. The molecule has 2 aliphatic heterocycles. The molecule has 38 heavy (non-hydrogen) atoms. The van der Waals surface area contributed by atoms with Gasteiger partial charge >= 0.3 is 17.6 Å². The third kappa shape index (κ3) is 7.45. The van der Waals surface area contributed by atoms with Gasteiger partial charge in [-0.3, -0.25) is 4.90 Å². The van der Waals surface area contributed by atoms with Crippen LogP contribution in [0.5, 0.6) is 5.75 Å². The molecule has 3 amide bonds. The van der Waals surface area contributed by atoms with Crippen molar-refractivity contribution in [1.29, 1.82) is 5.26 Å². The number of thioether (sulfide) groups is 1. The molecule has 4 rings (SSSR count). The minimum absolute atomic E-state index is 0.0369. The van der Waals surface area contributed by atoms with Crippen LogP contribution in [0, 0.1) is 11.3 Å². The van der Waals surface area contributed by atoms with Gasteiger partial charge < -0.3 is 25.4 Å². The second kappa shape index (κ2) is 11.8. The topological polar surface area (TPSA) is 118 Å². The normalized spacial score (nSPS) is 19.9. The van der Waals surface area contributed by atoms with Gasteiger partial charge in [0.05, 0.1) is 17.7 Å². The lowest BCUT2D eigenvalue weighted by atomic mass is 10.1. The maximum Gasteiger partial charge on any atom is 0.446 e. The zero-order valence-corrected chi connectivity index (χ0v) is 21.0. The Hall–Kier alpha value is -3.63. The number of hydrogen-bond acceptors (Lipinski definition) is 6. The summed E-state index contributed by atoms with van der Waals surface area (Å²) in [6.45, 7) is 1.40. The van der Waals surface area contributed by atoms with Crippen LogP contribution in [-0.4, -0.2) is 76.9 Å². The van der Waals surface area contributed by atoms with Gasteiger partial charge in [0.1, 0.15) is 12.4 Å². The molecule has 13 heteroatoms. The fourth-order valence-corrected chi connectivity index (χ4v) is 5.33. The summed E-state index contributed by atoms with van der Waals surface area (Å²) in [6.07, 6.45) is 0.547. The molecule has 2 aromatic rings. The summed E-state index contributed by atoms with van der Waals surface area (Å²) in [5.74, 6) is 0.524. The fraction of sp³-hybridized carbons (Fsp3) is 0.400. The number of anilines is 1. The van der Waals surface area contributed by atoms with Crippen LogP contribution >= 0.6 is 11.8 Å². The monoisotopic (exact) mass is 549 g/mol. The zero-order valence-electron chi connectivity index (χ0n) is 20.1. The van der Waals surface area contributed by atoms with Crippen LogP contribution in [0.4, 0.5) is 28.4 Å². The molecule has 2 fully saturated rings. The van der Waals surface area contributed by atoms with E-state index in [4.69, 9.17) is 10.00 Å². The Balaban J connectivity index is 1.32. The van der Waals surface area contributed by atoms with E-state index in [9.17, 15) is 27.9 Å². The molecule has 0 aliphatic carbocycles. The van der Waals surface area contributed by atoms with Crippen molar-refractivity contribution in [2.45, 2.75) is 41.4 Å². The lowest BCUT2D eigenvalue weighted by molar-refractivity contribution is -0.0328. The van der Waals surface area contributed by atoms with Gasteiger partial charge in [-0.05, 0) is 73.1 Å². The Morgan fingerprint density at radius 3 is 2.29 bits per heavy atom. The van der Waals surface area contributed by atoms with Crippen LogP contribution < -0.4 is 15.4 Å². The molecule has 2 heterocycles. The minimum atomic E-state index is -4.38. The third-order valence-electron chi connectivity index (χ3n) is 6.45. The Morgan fingerprint density at radius 1 is 1.11 bits per heavy atom. The summed E-state index contributed by atoms with van der Waals surface area (Å²) in [5.41, 5.74) is -3.48. The van der Waals surface area contributed by atoms with Crippen molar-refractivity contribution >= 4 is 29.6 Å². The Labute approximate surface area is 221 Å². The molecule has 202 valence electrons. The number of carbonyl (C=O) groups excluding carboxylic acids is 1. The average Bonchev–Trinajstić information content (AvgIpc) is 3.08. The largest absolute Gasteiger partial charge is 0.491 e. The predicted molar refractivity (Wildman–Crippen MR) is 134 cm³/mol. The minimum Gasteiger partial charge on any atom is -0.491 e. The SMILES string of the molecule is N#Cc1ccc(OC[C@H](CN2C3CCC2CN(C(=O)Nc2ccc(SC(F)(F)F)cc2)C3)NC(=O)O)cc1. The van der Waals surface area contributed by atoms with Gasteiger partial charge in [0.25, 0.3) is 0 Å². The van der Waals surface area contributed by atoms with Crippen molar-refractivity contribution in [2.75, 3.05) is 31.6 Å². The lowest BCUT2D eigenvalue weighted by Gasteiger charge is -2.42. The Bertz CT molecular complexity index is 1160. The molecule has 0 saturated carbocycles. The first-order chi connectivity index (χ1) is 18.1. The molecular formula is C25H26F3N5O4S. The highest BCUT2D eigenvalue weighted by Gasteiger charge is 2.42. The second-order valence-corrected chi connectivity index (χ2v) is 10.2. The average molecular weight is 550 g/mol. The second-order valence-electron chi connectivity index (χ2n) is 9.08. The van der Waals surface area contributed by atoms with Crippen LogP contribution in [0.15, 0.2) is 53.4 Å². The maximum absolute atomic E-state index is 12.9. The van der Waals surface area contributed by atoms with Crippen molar-refractivity contribution in [3.05, 3.63) is 54.1 Å². The van der Waals surface area contributed by atoms with E-state index in [2.05, 4.69) is 15.5 Å². The number of halogens is 3. The summed E-state index contributed by atoms with van der Waals surface area (Å²) < 4.78 is 43.3. The number of nitriles is 1. The molecule has 2 unspecified atom stereocenters. The predicted octanol–water partition coefficient (Wildman–Crippen LogP) is 4.57. The van der Waals surface area contributed by atoms with Crippen molar-refractivity contribution in [1.82, 2.24) is 15.1 Å². The quantitative estimate of drug-likeness (QED) is 0.413. The van der Waals surface area contributed by atoms with Crippen LogP contribution in [-0.2, 0) is 0 Å². The van der Waals surface area contributed by atoms with Crippen LogP contribution in [0.2, 0.25) is 0 Å². The number of amides is 3. The molecule has 2 bridgehead atoms. The number of benzene rings is 2. The summed E-state index contributed by atoms with van der Waals surface area (Å²) >= 11 is -0.214. The van der Waals surface area contributed by atoms with Crippen molar-refractivity contribution in [2.24, 2.45) is 0 Å². The van der Waals surface area contributed by atoms with E-state index in [0.717, 1.165) is 12.8 Å². The highest BCUT2D eigenvalue weighted by atomic mass is 32.2. The van der Waals surface area contributed by atoms with E-state index in [1.807, 2.05) is 6.07 Å². The summed E-state index contributed by atoms with van der Waals surface area (Å²) in [6, 6.07) is 13.3. The van der Waals surface area contributed by atoms with E-state index in [1.165, 1.54) is 24.3 Å². The number of rotatable bonds is 8. The highest BCUT2D eigenvalue weighted by molar-refractivity contribution is 8.00. The molecule has 3 atom stereocenters. The van der Waals surface area contributed by atoms with E-state index < -0.39 is 17.6 Å². The molecule has 2 aromatic carbocycles. The number of nitrogens with one attached hydrogen (secondary N) is 2. The molecule has 0 spiro atoms. The van der Waals surface area contributed by atoms with Crippen LogP contribution in [0.1, 0.15) is 18.4 Å². The summed E-state index contributed by atoms with van der Waals surface area (Å²) in [7, 11) is 0. The third-order valence-corrected chi connectivity index (χ3v) is 7.19. The molecule has 0 aromatic heterocycles. The van der Waals surface area contributed by atoms with Gasteiger partial charge in [-0.15, -0.1) is 0 Å². The van der Waals surface area contributed by atoms with Crippen LogP contribution in [0.3, 0.4) is 0 Å². The summed E-state index contributed by atoms with van der Waals surface area (Å²) in [4.78, 5) is 28.2. The molecule has 2 aliphatic rings. The van der Waals surface area contributed by atoms with Crippen molar-refractivity contribution < 1.29 is 32.6 Å². The van der Waals surface area contributed by atoms with Gasteiger partial charge in [0.2, 0.25) is 0 Å². The smallest absolute Gasteiger partial charge is 0.446 e. The van der Waals surface area contributed by atoms with Gasteiger partial charge in [-0.25, -0.2) is 9.59 Å². The lowest BCUT2D eigenvalue weighted by Crippen LogP contribution is -2.59. The number of alkyl halides is 3. The van der Waals surface area contributed by atoms with E-state index >= 15 is 0 Å². The number of carboxylic acid groups (broad SMARTS) is 1. The number of nitrogens with zero attached hydrogens (tertiary/aromatic N) is 3.